The minimum atomic E-state index is -2.51. The third-order valence-corrected chi connectivity index (χ3v) is 17.7. The van der Waals surface area contributed by atoms with Crippen molar-refractivity contribution in [2.45, 2.75) is 147 Å². The van der Waals surface area contributed by atoms with E-state index in [-0.39, 0.29) is 53.2 Å². The number of aliphatic hydroxyl groups excluding tert-OH is 1. The highest BCUT2D eigenvalue weighted by atomic mass is 16.7. The number of amides is 2. The maximum Gasteiger partial charge on any atom is 0.509 e. The van der Waals surface area contributed by atoms with Gasteiger partial charge < -0.3 is 58.5 Å². The van der Waals surface area contributed by atoms with Crippen molar-refractivity contribution in [2.24, 2.45) is 22.2 Å². The van der Waals surface area contributed by atoms with Crippen LogP contribution in [0.15, 0.2) is 114 Å². The summed E-state index contributed by atoms with van der Waals surface area (Å²) in [4.78, 5) is 115. The van der Waals surface area contributed by atoms with E-state index in [1.807, 2.05) is 34.1 Å². The van der Waals surface area contributed by atoms with E-state index < -0.39 is 130 Å². The zero-order valence-corrected chi connectivity index (χ0v) is 48.8. The molecule has 4 N–H and O–H groups in total. The number of ether oxygens (including phenoxy) is 7. The van der Waals surface area contributed by atoms with Gasteiger partial charge in [-0.1, -0.05) is 93.6 Å². The Kier molecular flexibility index (Phi) is 18.0. The van der Waals surface area contributed by atoms with Gasteiger partial charge in [0, 0.05) is 43.1 Å². The van der Waals surface area contributed by atoms with Crippen LogP contribution in [0.3, 0.4) is 0 Å². The smallest absolute Gasteiger partial charge is 0.455 e. The van der Waals surface area contributed by atoms with E-state index in [9.17, 15) is 39.0 Å². The third kappa shape index (κ3) is 12.4. The maximum atomic E-state index is 15.9. The monoisotopic (exact) mass is 1150 g/mol. The molecule has 0 spiro atoms. The lowest BCUT2D eigenvalue weighted by atomic mass is 9.44. The van der Waals surface area contributed by atoms with Crippen LogP contribution in [0.1, 0.15) is 119 Å². The topological polar surface area (TPSA) is 266 Å². The number of Topliss-reactive ketones (excluding diaryl/α,β-unsaturated/α-hetero) is 1. The summed E-state index contributed by atoms with van der Waals surface area (Å²) in [6.45, 7) is 10.9. The first-order chi connectivity index (χ1) is 39.1. The molecule has 2 bridgehead atoms. The van der Waals surface area contributed by atoms with E-state index in [1.54, 1.807) is 98.8 Å². The molecule has 2 amide bonds. The van der Waals surface area contributed by atoms with Crippen LogP contribution in [0.25, 0.3) is 0 Å². The normalized spacial score (nSPS) is 31.1. The molecular formula is C63H78N3O17+. The predicted molar refractivity (Wildman–Crippen MR) is 298 cm³/mol. The van der Waals surface area contributed by atoms with Gasteiger partial charge in [-0.2, -0.15) is 0 Å². The first-order valence-electron chi connectivity index (χ1n) is 28.2. The molecule has 0 unspecified atom stereocenters. The highest BCUT2D eigenvalue weighted by Gasteiger charge is 2.78. The second kappa shape index (κ2) is 24.1. The zero-order chi connectivity index (χ0) is 60.5. The van der Waals surface area contributed by atoms with Crippen LogP contribution < -0.4 is 10.6 Å². The minimum absolute atomic E-state index is 0.0312. The summed E-state index contributed by atoms with van der Waals surface area (Å²) < 4.78 is 43.8. The van der Waals surface area contributed by atoms with E-state index in [1.165, 1.54) is 26.0 Å². The van der Waals surface area contributed by atoms with Gasteiger partial charge in [0.05, 0.1) is 63.8 Å². The Morgan fingerprint density at radius 1 is 0.807 bits per heavy atom. The minimum Gasteiger partial charge on any atom is -0.455 e. The van der Waals surface area contributed by atoms with Gasteiger partial charge >= 0.3 is 30.0 Å². The molecule has 5 aliphatic rings. The molecule has 83 heavy (non-hydrogen) atoms. The van der Waals surface area contributed by atoms with Crippen molar-refractivity contribution in [1.82, 2.24) is 10.6 Å². The molecule has 20 heteroatoms. The summed E-state index contributed by atoms with van der Waals surface area (Å²) in [5.41, 5.74) is -8.54. The van der Waals surface area contributed by atoms with Crippen molar-refractivity contribution in [3.63, 3.8) is 0 Å². The van der Waals surface area contributed by atoms with Crippen LogP contribution in [0.4, 0.5) is 4.79 Å². The fourth-order valence-electron chi connectivity index (χ4n) is 12.9. The molecule has 2 saturated carbocycles. The SMILES string of the molecule is CC(=O)O[C@H]1C(=O)[C@@]2(C)[C@H]([C@H](OC(=O)c3ccccc3)[C@]3(O)C[C@H](OC(=O)[C@H](OC(=O)O[C@H]4/C=C/CC[C@@](C)(C(=O)NCC[N+](C)(C)C)CC4)[C@@H](NC(=O)c4ccccc4)c4ccccc4)C(C)=C1C3(C)C)[C@]1(OC(C)=O)CO[C@@H]1C[C@@H]2O. The molecule has 1 aliphatic heterocycles. The van der Waals surface area contributed by atoms with Crippen molar-refractivity contribution in [2.75, 3.05) is 40.8 Å². The predicted octanol–water partition coefficient (Wildman–Crippen LogP) is 6.22. The number of likely N-dealkylation sites (N-methyl/N-ethyl adjacent to an activating group) is 1. The van der Waals surface area contributed by atoms with Crippen LogP contribution in [-0.4, -0.2) is 157 Å². The Balaban J connectivity index is 1.23. The molecule has 0 aromatic heterocycles. The van der Waals surface area contributed by atoms with Crippen LogP contribution in [0.5, 0.6) is 0 Å². The van der Waals surface area contributed by atoms with E-state index in [4.69, 9.17) is 33.2 Å². The number of nitrogens with one attached hydrogen (secondary N) is 2. The number of rotatable bonds is 16. The number of hydrogen-bond acceptors (Lipinski definition) is 17. The standard InChI is InChI=1S/C63H77N3O17/c1-37-44(35-63(76)53(82-55(72)42-26-18-13-19-27-42)51-61(7,45(69)34-46-62(51,36-77-46)83-39(3)68)52(70)49(78-38(2)67)47(37)59(63,4)5)80-56(73)50(48(40-22-14-11-15-23-40)65-54(71)41-24-16-12-17-25-41)81-58(75)79-43-28-20-21-30-60(6,31-29-43)57(74)64-32-33-66(8,9)10/h11-20,22-28,43-46,48-51,53,69,76H,21,29-36H2,1-10H3,(H-,64,65,71,74)/p+1/b28-20+/t43-,44-,45-,46+,48-,49+,50+,51-,53-,60+,61+,62-,63+/m0/s1. The van der Waals surface area contributed by atoms with Crippen LogP contribution in [0, 0.1) is 22.2 Å². The van der Waals surface area contributed by atoms with E-state index in [2.05, 4.69) is 10.6 Å². The van der Waals surface area contributed by atoms with Crippen molar-refractivity contribution >= 4 is 47.6 Å². The summed E-state index contributed by atoms with van der Waals surface area (Å²) in [7, 11) is 6.08. The summed E-state index contributed by atoms with van der Waals surface area (Å²) >= 11 is 0. The number of aliphatic hydroxyl groups is 2. The number of esters is 4. The Bertz CT molecular complexity index is 3020. The molecule has 0 radical (unpaired) electrons. The summed E-state index contributed by atoms with van der Waals surface area (Å²) in [6, 6.07) is 22.6. The lowest BCUT2D eigenvalue weighted by Gasteiger charge is -2.67. The number of allylic oxidation sites excluding steroid dienone is 1. The number of nitrogens with zero attached hydrogens (tertiary/aromatic N) is 1. The number of carbonyl (C=O) groups excluding carboxylic acids is 8. The fourth-order valence-corrected chi connectivity index (χ4v) is 12.9. The number of hydrogen-bond donors (Lipinski definition) is 4. The van der Waals surface area contributed by atoms with Gasteiger partial charge in [0.1, 0.15) is 36.1 Å². The largest absolute Gasteiger partial charge is 0.509 e. The van der Waals surface area contributed by atoms with Crippen LogP contribution >= 0.6 is 0 Å². The second-order valence-electron chi connectivity index (χ2n) is 24.7. The van der Waals surface area contributed by atoms with Gasteiger partial charge in [-0.15, -0.1) is 0 Å². The lowest BCUT2D eigenvalue weighted by Crippen LogP contribution is -2.82. The van der Waals surface area contributed by atoms with Crippen LogP contribution in [-0.2, 0) is 57.1 Å². The first-order valence-corrected chi connectivity index (χ1v) is 28.2. The Labute approximate surface area is 483 Å². The molecule has 1 saturated heterocycles. The summed E-state index contributed by atoms with van der Waals surface area (Å²) in [6.07, 6.45) is -8.42. The highest BCUT2D eigenvalue weighted by Crippen LogP contribution is 2.64. The third-order valence-electron chi connectivity index (χ3n) is 17.7. The number of quaternary nitrogens is 1. The number of benzene rings is 3. The Morgan fingerprint density at radius 2 is 1.43 bits per heavy atom. The highest BCUT2D eigenvalue weighted by molar-refractivity contribution is 5.96. The van der Waals surface area contributed by atoms with Gasteiger partial charge in [-0.25, -0.2) is 14.4 Å². The van der Waals surface area contributed by atoms with Crippen LogP contribution in [0.2, 0.25) is 0 Å². The van der Waals surface area contributed by atoms with Gasteiger partial charge in [0.15, 0.2) is 17.5 Å². The van der Waals surface area contributed by atoms with Crippen molar-refractivity contribution in [1.29, 1.82) is 0 Å². The molecule has 3 aromatic carbocycles. The fraction of sp³-hybridized carbons (Fsp3) is 0.524. The molecule has 20 nitrogen and oxygen atoms in total. The van der Waals surface area contributed by atoms with Crippen molar-refractivity contribution in [3.05, 3.63) is 131 Å². The van der Waals surface area contributed by atoms with Gasteiger partial charge in [-0.3, -0.25) is 24.0 Å². The number of carbonyl (C=O) groups is 8. The molecule has 8 rings (SSSR count). The molecule has 3 aromatic rings. The van der Waals surface area contributed by atoms with Crippen molar-refractivity contribution in [3.8, 4) is 0 Å². The zero-order valence-electron chi connectivity index (χ0n) is 48.8. The quantitative estimate of drug-likeness (QED) is 0.0536. The first kappa shape index (κ1) is 61.8. The maximum absolute atomic E-state index is 15.9. The second-order valence-corrected chi connectivity index (χ2v) is 24.7. The number of fused-ring (bicyclic) bond motifs is 5. The Morgan fingerprint density at radius 3 is 2.02 bits per heavy atom. The Hall–Kier alpha value is -7.26. The lowest BCUT2D eigenvalue weighted by molar-refractivity contribution is -0.869. The van der Waals surface area contributed by atoms with Gasteiger partial charge in [0.25, 0.3) is 5.91 Å². The molecular weight excluding hydrogens is 1070 g/mol. The van der Waals surface area contributed by atoms with Gasteiger partial charge in [-0.05, 0) is 86.6 Å². The summed E-state index contributed by atoms with van der Waals surface area (Å²) in [5.74, 6) is -7.36. The van der Waals surface area contributed by atoms with E-state index in [0.29, 0.717) is 36.8 Å². The van der Waals surface area contributed by atoms with Crippen molar-refractivity contribution < 1.29 is 86.2 Å². The average molecular weight is 1150 g/mol. The van der Waals surface area contributed by atoms with E-state index in [0.717, 1.165) is 13.8 Å². The molecule has 13 atom stereocenters. The molecule has 446 valence electrons. The molecule has 4 aliphatic carbocycles. The average Bonchev–Trinajstić information content (AvgIpc) is 0.844. The number of ketones is 1. The molecule has 3 fully saturated rings. The molecule has 1 heterocycles. The van der Waals surface area contributed by atoms with Gasteiger partial charge in [0.2, 0.25) is 12.0 Å². The van der Waals surface area contributed by atoms with E-state index >= 15 is 9.59 Å². The summed E-state index contributed by atoms with van der Waals surface area (Å²) in [5, 5.41) is 32.3.